The molecule has 0 atom stereocenters. The minimum Gasteiger partial charge on any atom is -0.452 e. The zero-order chi connectivity index (χ0) is 10.7. The molecule has 0 unspecified atom stereocenters. The van der Waals surface area contributed by atoms with Crippen LogP contribution in [0.25, 0.3) is 0 Å². The van der Waals surface area contributed by atoms with Crippen molar-refractivity contribution >= 4 is 43.2 Å². The Morgan fingerprint density at radius 3 is 2.80 bits per heavy atom. The van der Waals surface area contributed by atoms with Crippen LogP contribution >= 0.6 is 43.2 Å². The molecule has 0 aliphatic rings. The highest BCUT2D eigenvalue weighted by atomic mass is 79.9. The molecule has 0 bridgehead atoms. The van der Waals surface area contributed by atoms with Crippen molar-refractivity contribution in [3.05, 3.63) is 43.4 Å². The van der Waals surface area contributed by atoms with Gasteiger partial charge in [0.05, 0.1) is 11.0 Å². The van der Waals surface area contributed by atoms with Gasteiger partial charge in [-0.25, -0.2) is 0 Å². The Balaban J connectivity index is 1.83. The maximum absolute atomic E-state index is 5.44. The Hall–Kier alpha value is -0.100. The van der Waals surface area contributed by atoms with Crippen LogP contribution in [-0.2, 0) is 13.1 Å². The second kappa shape index (κ2) is 5.30. The Morgan fingerprint density at radius 2 is 2.20 bits per heavy atom. The monoisotopic (exact) mass is 349 g/mol. The van der Waals surface area contributed by atoms with Crippen LogP contribution in [0.2, 0.25) is 0 Å². The first kappa shape index (κ1) is 11.4. The van der Waals surface area contributed by atoms with Crippen molar-refractivity contribution in [2.24, 2.45) is 0 Å². The van der Waals surface area contributed by atoms with E-state index in [0.29, 0.717) is 0 Å². The zero-order valence-corrected chi connectivity index (χ0v) is 11.8. The Bertz CT molecular complexity index is 405. The second-order valence-corrected chi connectivity index (χ2v) is 5.42. The quantitative estimate of drug-likeness (QED) is 0.895. The highest BCUT2D eigenvalue weighted by molar-refractivity contribution is 9.13. The van der Waals surface area contributed by atoms with Crippen molar-refractivity contribution in [2.45, 2.75) is 13.1 Å². The van der Waals surface area contributed by atoms with Gasteiger partial charge in [0.2, 0.25) is 0 Å². The molecule has 0 amide bonds. The molecule has 0 saturated heterocycles. The van der Waals surface area contributed by atoms with Gasteiger partial charge in [0.15, 0.2) is 4.67 Å². The van der Waals surface area contributed by atoms with E-state index in [9.17, 15) is 0 Å². The third kappa shape index (κ3) is 3.17. The molecule has 0 saturated carbocycles. The SMILES string of the molecule is Brc1cc(CNCc2ccsc2)oc1Br. The Morgan fingerprint density at radius 1 is 1.33 bits per heavy atom. The molecule has 2 aromatic heterocycles. The molecule has 0 aromatic carbocycles. The molecule has 2 aromatic rings. The van der Waals surface area contributed by atoms with Crippen LogP contribution in [0, 0.1) is 0 Å². The number of rotatable bonds is 4. The number of thiophene rings is 1. The zero-order valence-electron chi connectivity index (χ0n) is 7.80. The van der Waals surface area contributed by atoms with Gasteiger partial charge in [-0.15, -0.1) is 0 Å². The standard InChI is InChI=1S/C10H9Br2NOS/c11-9-3-8(14-10(9)12)5-13-4-7-1-2-15-6-7/h1-3,6,13H,4-5H2. The molecule has 5 heteroatoms. The lowest BCUT2D eigenvalue weighted by Gasteiger charge is -1.99. The molecule has 0 aliphatic heterocycles. The number of furan rings is 1. The summed E-state index contributed by atoms with van der Waals surface area (Å²) in [5.74, 6) is 0.920. The van der Waals surface area contributed by atoms with Gasteiger partial charge in [-0.3, -0.25) is 0 Å². The Kier molecular flexibility index (Phi) is 4.02. The van der Waals surface area contributed by atoms with Crippen molar-refractivity contribution < 1.29 is 4.42 Å². The lowest BCUT2D eigenvalue weighted by Crippen LogP contribution is -2.11. The largest absolute Gasteiger partial charge is 0.452 e. The average Bonchev–Trinajstić information content (AvgIpc) is 2.79. The van der Waals surface area contributed by atoms with Crippen molar-refractivity contribution in [2.75, 3.05) is 0 Å². The minimum absolute atomic E-state index is 0.736. The van der Waals surface area contributed by atoms with Gasteiger partial charge >= 0.3 is 0 Å². The summed E-state index contributed by atoms with van der Waals surface area (Å²) in [5.41, 5.74) is 1.31. The van der Waals surface area contributed by atoms with E-state index >= 15 is 0 Å². The summed E-state index contributed by atoms with van der Waals surface area (Å²) < 4.78 is 7.14. The van der Waals surface area contributed by atoms with Gasteiger partial charge in [-0.1, -0.05) is 0 Å². The molecule has 1 N–H and O–H groups in total. The molecule has 80 valence electrons. The lowest BCUT2D eigenvalue weighted by molar-refractivity contribution is 0.464. The van der Waals surface area contributed by atoms with Crippen molar-refractivity contribution in [3.63, 3.8) is 0 Å². The normalized spacial score (nSPS) is 10.8. The van der Waals surface area contributed by atoms with E-state index in [-0.39, 0.29) is 0 Å². The fourth-order valence-corrected chi connectivity index (χ4v) is 2.53. The molecule has 2 rings (SSSR count). The molecule has 0 radical (unpaired) electrons. The fourth-order valence-electron chi connectivity index (χ4n) is 1.20. The highest BCUT2D eigenvalue weighted by Gasteiger charge is 2.05. The van der Waals surface area contributed by atoms with E-state index in [1.807, 2.05) is 6.07 Å². The third-order valence-corrected chi connectivity index (χ3v) is 4.35. The van der Waals surface area contributed by atoms with E-state index in [1.165, 1.54) is 5.56 Å². The molecule has 0 aliphatic carbocycles. The maximum atomic E-state index is 5.44. The maximum Gasteiger partial charge on any atom is 0.183 e. The first-order valence-corrected chi connectivity index (χ1v) is 6.94. The topological polar surface area (TPSA) is 25.2 Å². The number of hydrogen-bond acceptors (Lipinski definition) is 3. The van der Waals surface area contributed by atoms with Crippen LogP contribution < -0.4 is 5.32 Å². The summed E-state index contributed by atoms with van der Waals surface area (Å²) in [6.45, 7) is 1.61. The first-order chi connectivity index (χ1) is 7.25. The summed E-state index contributed by atoms with van der Waals surface area (Å²) in [6.07, 6.45) is 0. The predicted octanol–water partition coefficient (Wildman–Crippen LogP) is 4.16. The number of nitrogens with one attached hydrogen (secondary N) is 1. The smallest absolute Gasteiger partial charge is 0.183 e. The van der Waals surface area contributed by atoms with Gasteiger partial charge in [-0.05, 0) is 60.3 Å². The van der Waals surface area contributed by atoms with Crippen molar-refractivity contribution in [1.29, 1.82) is 0 Å². The number of hydrogen-bond donors (Lipinski definition) is 1. The van der Waals surface area contributed by atoms with Crippen LogP contribution in [0.5, 0.6) is 0 Å². The molecule has 0 spiro atoms. The molecule has 15 heavy (non-hydrogen) atoms. The van der Waals surface area contributed by atoms with E-state index < -0.39 is 0 Å². The summed E-state index contributed by atoms with van der Waals surface area (Å²) in [7, 11) is 0. The summed E-state index contributed by atoms with van der Waals surface area (Å²) in [6, 6.07) is 4.08. The van der Waals surface area contributed by atoms with Gasteiger partial charge in [0, 0.05) is 6.54 Å². The van der Waals surface area contributed by atoms with Gasteiger partial charge < -0.3 is 9.73 Å². The van der Waals surface area contributed by atoms with Gasteiger partial charge in [0.1, 0.15) is 5.76 Å². The van der Waals surface area contributed by atoms with Crippen LogP contribution in [-0.4, -0.2) is 0 Å². The van der Waals surface area contributed by atoms with Crippen molar-refractivity contribution in [1.82, 2.24) is 5.32 Å². The molecular weight excluding hydrogens is 342 g/mol. The third-order valence-electron chi connectivity index (χ3n) is 1.90. The van der Waals surface area contributed by atoms with E-state index in [4.69, 9.17) is 4.42 Å². The van der Waals surface area contributed by atoms with E-state index in [1.54, 1.807) is 11.3 Å². The predicted molar refractivity (Wildman–Crippen MR) is 69.0 cm³/mol. The minimum atomic E-state index is 0.736. The van der Waals surface area contributed by atoms with Crippen LogP contribution in [0.3, 0.4) is 0 Å². The van der Waals surface area contributed by atoms with Gasteiger partial charge in [-0.2, -0.15) is 11.3 Å². The van der Waals surface area contributed by atoms with Crippen LogP contribution in [0.4, 0.5) is 0 Å². The van der Waals surface area contributed by atoms with Gasteiger partial charge in [0.25, 0.3) is 0 Å². The fraction of sp³-hybridized carbons (Fsp3) is 0.200. The molecular formula is C10H9Br2NOS. The highest BCUT2D eigenvalue weighted by Crippen LogP contribution is 2.26. The second-order valence-electron chi connectivity index (χ2n) is 3.07. The summed E-state index contributed by atoms with van der Waals surface area (Å²) in [4.78, 5) is 0. The molecule has 2 heterocycles. The van der Waals surface area contributed by atoms with E-state index in [2.05, 4.69) is 54.0 Å². The molecule has 2 nitrogen and oxygen atoms in total. The van der Waals surface area contributed by atoms with Crippen molar-refractivity contribution in [3.8, 4) is 0 Å². The Labute approximate surface area is 109 Å². The van der Waals surface area contributed by atoms with Crippen LogP contribution in [0.1, 0.15) is 11.3 Å². The van der Waals surface area contributed by atoms with E-state index in [0.717, 1.165) is 28.0 Å². The molecule has 0 fully saturated rings. The van der Waals surface area contributed by atoms with Crippen LogP contribution in [0.15, 0.2) is 36.5 Å². The summed E-state index contributed by atoms with van der Waals surface area (Å²) >= 11 is 8.40. The average molecular weight is 351 g/mol. The first-order valence-electron chi connectivity index (χ1n) is 4.41. The number of halogens is 2. The lowest BCUT2D eigenvalue weighted by atomic mass is 10.3. The summed E-state index contributed by atoms with van der Waals surface area (Å²) in [5, 5.41) is 7.54.